The topological polar surface area (TPSA) is 56.8 Å². The molecule has 1 aliphatic rings. The van der Waals surface area contributed by atoms with Crippen LogP contribution in [-0.2, 0) is 16.1 Å². The zero-order valence-corrected chi connectivity index (χ0v) is 12.0. The maximum atomic E-state index is 11.9. The molecule has 0 bridgehead atoms. The number of nitrogens with one attached hydrogen (secondary N) is 1. The van der Waals surface area contributed by atoms with Crippen molar-refractivity contribution in [3.05, 3.63) is 23.8 Å². The van der Waals surface area contributed by atoms with Crippen LogP contribution in [0.4, 0.5) is 0 Å². The van der Waals surface area contributed by atoms with Crippen LogP contribution in [0.5, 0.6) is 11.5 Å². The number of methoxy groups -OCH3 is 2. The average Bonchev–Trinajstić information content (AvgIpc) is 2.97. The van der Waals surface area contributed by atoms with Gasteiger partial charge in [-0.2, -0.15) is 0 Å². The lowest BCUT2D eigenvalue weighted by Crippen LogP contribution is -2.25. The smallest absolute Gasteiger partial charge is 0.220 e. The molecular weight excluding hydrogens is 258 g/mol. The summed E-state index contributed by atoms with van der Waals surface area (Å²) in [5, 5.41) is 2.92. The molecule has 1 heterocycles. The summed E-state index contributed by atoms with van der Waals surface area (Å²) in [6, 6.07) is 5.59. The van der Waals surface area contributed by atoms with Gasteiger partial charge >= 0.3 is 0 Å². The van der Waals surface area contributed by atoms with Crippen LogP contribution in [0.2, 0.25) is 0 Å². The van der Waals surface area contributed by atoms with E-state index >= 15 is 0 Å². The molecule has 1 aromatic rings. The molecule has 0 aromatic heterocycles. The van der Waals surface area contributed by atoms with Crippen LogP contribution in [-0.4, -0.2) is 33.3 Å². The first-order chi connectivity index (χ1) is 9.71. The Balaban J connectivity index is 1.87. The van der Waals surface area contributed by atoms with Gasteiger partial charge in [-0.25, -0.2) is 0 Å². The Morgan fingerprint density at radius 3 is 2.55 bits per heavy atom. The third-order valence-electron chi connectivity index (χ3n) is 3.40. The first-order valence-corrected chi connectivity index (χ1v) is 6.77. The molecule has 0 aliphatic carbocycles. The van der Waals surface area contributed by atoms with E-state index in [1.807, 2.05) is 12.1 Å². The fourth-order valence-electron chi connectivity index (χ4n) is 2.25. The Bertz CT molecular complexity index is 433. The average molecular weight is 279 g/mol. The van der Waals surface area contributed by atoms with E-state index in [2.05, 4.69) is 5.32 Å². The number of rotatable bonds is 6. The minimum Gasteiger partial charge on any atom is -0.497 e. The second-order valence-electron chi connectivity index (χ2n) is 4.93. The monoisotopic (exact) mass is 279 g/mol. The van der Waals surface area contributed by atoms with E-state index in [4.69, 9.17) is 14.2 Å². The standard InChI is InChI=1S/C15H21NO4/c1-18-13-5-12(6-14(8-13)19-2)9-16-15(17)7-11-3-4-20-10-11/h5-6,8,11H,3-4,7,9-10H2,1-2H3,(H,16,17)/t11-/m0/s1. The molecule has 1 fully saturated rings. The number of carbonyl (C=O) groups is 1. The highest BCUT2D eigenvalue weighted by atomic mass is 16.5. The highest BCUT2D eigenvalue weighted by Crippen LogP contribution is 2.22. The van der Waals surface area contributed by atoms with Gasteiger partial charge in [0.15, 0.2) is 0 Å². The van der Waals surface area contributed by atoms with Crippen molar-refractivity contribution in [1.82, 2.24) is 5.32 Å². The summed E-state index contributed by atoms with van der Waals surface area (Å²) in [6.07, 6.45) is 1.50. The minimum absolute atomic E-state index is 0.0577. The largest absolute Gasteiger partial charge is 0.497 e. The van der Waals surface area contributed by atoms with Crippen LogP contribution in [0, 0.1) is 5.92 Å². The van der Waals surface area contributed by atoms with Crippen molar-refractivity contribution in [3.8, 4) is 11.5 Å². The summed E-state index contributed by atoms with van der Waals surface area (Å²) in [5.74, 6) is 1.85. The molecular formula is C15H21NO4. The van der Waals surface area contributed by atoms with Gasteiger partial charge in [-0.15, -0.1) is 0 Å². The van der Waals surface area contributed by atoms with Gasteiger partial charge in [0, 0.05) is 32.2 Å². The molecule has 5 nitrogen and oxygen atoms in total. The molecule has 2 rings (SSSR count). The Morgan fingerprint density at radius 2 is 2.00 bits per heavy atom. The van der Waals surface area contributed by atoms with Crippen LogP contribution in [0.15, 0.2) is 18.2 Å². The number of ether oxygens (including phenoxy) is 3. The fourth-order valence-corrected chi connectivity index (χ4v) is 2.25. The predicted octanol–water partition coefficient (Wildman–Crippen LogP) is 1.75. The molecule has 1 saturated heterocycles. The van der Waals surface area contributed by atoms with Gasteiger partial charge in [-0.05, 0) is 30.0 Å². The minimum atomic E-state index is 0.0577. The van der Waals surface area contributed by atoms with Crippen molar-refractivity contribution in [3.63, 3.8) is 0 Å². The van der Waals surface area contributed by atoms with E-state index in [9.17, 15) is 4.79 Å². The Morgan fingerprint density at radius 1 is 1.30 bits per heavy atom. The number of hydrogen-bond donors (Lipinski definition) is 1. The van der Waals surface area contributed by atoms with E-state index in [1.165, 1.54) is 0 Å². The third kappa shape index (κ3) is 4.13. The van der Waals surface area contributed by atoms with Gasteiger partial charge in [-0.3, -0.25) is 4.79 Å². The molecule has 20 heavy (non-hydrogen) atoms. The molecule has 5 heteroatoms. The molecule has 0 unspecified atom stereocenters. The number of hydrogen-bond acceptors (Lipinski definition) is 4. The van der Waals surface area contributed by atoms with Crippen molar-refractivity contribution in [2.75, 3.05) is 27.4 Å². The summed E-state index contributed by atoms with van der Waals surface area (Å²) in [4.78, 5) is 11.9. The fraction of sp³-hybridized carbons (Fsp3) is 0.533. The highest BCUT2D eigenvalue weighted by Gasteiger charge is 2.18. The second kappa shape index (κ2) is 7.14. The summed E-state index contributed by atoms with van der Waals surface area (Å²) in [7, 11) is 3.22. The maximum Gasteiger partial charge on any atom is 0.220 e. The molecule has 0 spiro atoms. The van der Waals surface area contributed by atoms with Crippen LogP contribution in [0.1, 0.15) is 18.4 Å². The van der Waals surface area contributed by atoms with Crippen molar-refractivity contribution < 1.29 is 19.0 Å². The molecule has 0 saturated carbocycles. The van der Waals surface area contributed by atoms with E-state index < -0.39 is 0 Å². The van der Waals surface area contributed by atoms with E-state index in [0.29, 0.717) is 25.5 Å². The summed E-state index contributed by atoms with van der Waals surface area (Å²) in [5.41, 5.74) is 0.956. The van der Waals surface area contributed by atoms with E-state index in [0.717, 1.165) is 30.1 Å². The number of benzene rings is 1. The van der Waals surface area contributed by atoms with E-state index in [1.54, 1.807) is 20.3 Å². The van der Waals surface area contributed by atoms with Gasteiger partial charge < -0.3 is 19.5 Å². The van der Waals surface area contributed by atoms with Gasteiger partial charge in [0.2, 0.25) is 5.91 Å². The van der Waals surface area contributed by atoms with E-state index in [-0.39, 0.29) is 5.91 Å². The van der Waals surface area contributed by atoms with Crippen molar-refractivity contribution >= 4 is 5.91 Å². The zero-order chi connectivity index (χ0) is 14.4. The molecule has 1 aliphatic heterocycles. The lowest BCUT2D eigenvalue weighted by atomic mass is 10.0. The third-order valence-corrected chi connectivity index (χ3v) is 3.40. The number of carbonyl (C=O) groups excluding carboxylic acids is 1. The summed E-state index contributed by atoms with van der Waals surface area (Å²) < 4.78 is 15.7. The van der Waals surface area contributed by atoms with Gasteiger partial charge in [0.05, 0.1) is 14.2 Å². The highest BCUT2D eigenvalue weighted by molar-refractivity contribution is 5.76. The first-order valence-electron chi connectivity index (χ1n) is 6.77. The first kappa shape index (κ1) is 14.7. The number of amides is 1. The quantitative estimate of drug-likeness (QED) is 0.862. The van der Waals surface area contributed by atoms with Crippen molar-refractivity contribution in [2.24, 2.45) is 5.92 Å². The van der Waals surface area contributed by atoms with Gasteiger partial charge in [0.25, 0.3) is 0 Å². The molecule has 0 radical (unpaired) electrons. The van der Waals surface area contributed by atoms with Gasteiger partial charge in [0.1, 0.15) is 11.5 Å². The van der Waals surface area contributed by atoms with Crippen LogP contribution in [0.25, 0.3) is 0 Å². The van der Waals surface area contributed by atoms with Crippen LogP contribution < -0.4 is 14.8 Å². The van der Waals surface area contributed by atoms with Crippen LogP contribution in [0.3, 0.4) is 0 Å². The predicted molar refractivity (Wildman–Crippen MR) is 74.9 cm³/mol. The van der Waals surface area contributed by atoms with Crippen LogP contribution >= 0.6 is 0 Å². The lowest BCUT2D eigenvalue weighted by Gasteiger charge is -2.11. The Labute approximate surface area is 119 Å². The van der Waals surface area contributed by atoms with Gasteiger partial charge in [-0.1, -0.05) is 0 Å². The Hall–Kier alpha value is -1.75. The molecule has 1 atom stereocenters. The summed E-state index contributed by atoms with van der Waals surface area (Å²) >= 11 is 0. The molecule has 110 valence electrons. The molecule has 1 N–H and O–H groups in total. The normalized spacial score (nSPS) is 17.8. The van der Waals surface area contributed by atoms with Crippen molar-refractivity contribution in [2.45, 2.75) is 19.4 Å². The Kier molecular flexibility index (Phi) is 5.24. The lowest BCUT2D eigenvalue weighted by molar-refractivity contribution is -0.122. The SMILES string of the molecule is COc1cc(CNC(=O)C[C@@H]2CCOC2)cc(OC)c1. The maximum absolute atomic E-state index is 11.9. The molecule has 1 amide bonds. The summed E-state index contributed by atoms with van der Waals surface area (Å²) in [6.45, 7) is 1.94. The van der Waals surface area contributed by atoms with Crippen molar-refractivity contribution in [1.29, 1.82) is 0 Å². The second-order valence-corrected chi connectivity index (χ2v) is 4.93. The zero-order valence-electron chi connectivity index (χ0n) is 12.0. The molecule has 1 aromatic carbocycles.